The van der Waals surface area contributed by atoms with Gasteiger partial charge >= 0.3 is 6.85 Å². The zero-order chi connectivity index (χ0) is 48.7. The van der Waals surface area contributed by atoms with Gasteiger partial charge in [-0.1, -0.05) is 147 Å². The van der Waals surface area contributed by atoms with Gasteiger partial charge in [0.25, 0.3) is 0 Å². The summed E-state index contributed by atoms with van der Waals surface area (Å²) in [5, 5.41) is 5.04. The molecule has 4 heterocycles. The molecule has 0 radical (unpaired) electrons. The summed E-state index contributed by atoms with van der Waals surface area (Å²) in [6.45, 7) is 39.1. The average Bonchev–Trinajstić information content (AvgIpc) is 3.89. The molecule has 69 heavy (non-hydrogen) atoms. The first-order valence-electron chi connectivity index (χ1n) is 26.2. The summed E-state index contributed by atoms with van der Waals surface area (Å²) < 4.78 is 10.1. The van der Waals surface area contributed by atoms with Crippen LogP contribution in [0.4, 0.5) is 11.4 Å². The Morgan fingerprint density at radius 1 is 0.522 bits per heavy atom. The fourth-order valence-electron chi connectivity index (χ4n) is 14.3. The number of hydrogen-bond donors (Lipinski definition) is 0. The molecule has 0 spiro atoms. The van der Waals surface area contributed by atoms with Gasteiger partial charge in [-0.25, -0.2) is 0 Å². The Labute approximate surface area is 411 Å². The lowest BCUT2D eigenvalue weighted by Crippen LogP contribution is -2.52. The highest BCUT2D eigenvalue weighted by Crippen LogP contribution is 2.61. The second-order valence-electron chi connectivity index (χ2n) is 27.5. The molecule has 0 fully saturated rings. The van der Waals surface area contributed by atoms with Crippen LogP contribution in [0.15, 0.2) is 101 Å². The SMILES string of the molecule is CC(C)(C)c1ccc2c(c1)c1cc(C(C)(C)C)cc3c1n2B1C2=C(c4cc5c(cc4C2(C)C)C(C)(C)CCC5(C)C)N(c2ccc4c(c2)C(C)(C)CCC4(C)C)c2cc4c(oc5ccccc54)c-3c21. The Balaban J connectivity index is 1.25. The van der Waals surface area contributed by atoms with Crippen LogP contribution in [0.2, 0.25) is 0 Å². The van der Waals surface area contributed by atoms with Gasteiger partial charge in [0.1, 0.15) is 11.2 Å². The quantitative estimate of drug-likeness (QED) is 0.153. The molecular formula is C65H71BN2O. The van der Waals surface area contributed by atoms with Crippen LogP contribution in [0.3, 0.4) is 0 Å². The Hall–Kier alpha value is -5.48. The maximum atomic E-state index is 7.29. The van der Waals surface area contributed by atoms with E-state index in [4.69, 9.17) is 4.42 Å². The van der Waals surface area contributed by atoms with E-state index in [1.165, 1.54) is 142 Å². The molecule has 0 saturated carbocycles. The molecule has 0 unspecified atom stereocenters. The van der Waals surface area contributed by atoms with Crippen molar-refractivity contribution in [2.75, 3.05) is 4.90 Å². The minimum Gasteiger partial charge on any atom is -0.455 e. The van der Waals surface area contributed by atoms with Crippen molar-refractivity contribution < 1.29 is 4.42 Å². The van der Waals surface area contributed by atoms with E-state index in [-0.39, 0.29) is 44.8 Å². The Bertz CT molecular complexity index is 3670. The van der Waals surface area contributed by atoms with E-state index in [0.29, 0.717) is 0 Å². The van der Waals surface area contributed by atoms with Crippen molar-refractivity contribution >= 4 is 73.1 Å². The maximum absolute atomic E-state index is 7.29. The molecule has 0 saturated heterocycles. The van der Waals surface area contributed by atoms with Crippen LogP contribution in [-0.2, 0) is 37.9 Å². The van der Waals surface area contributed by atoms with Gasteiger partial charge in [-0.2, -0.15) is 0 Å². The standard InChI is InChI=1S/C65H71BN2O/c1-59(2,3)36-21-24-50-40(29-36)41-30-37(60(4,5)6)31-44-53-54-51(34-42-39-19-17-18-20-52(39)69-57(42)53)67(38-22-23-45-47(32-38)62(9,10)26-25-61(45,7)8)56-43-33-48-49(64(13,14)28-27-63(48,11)12)35-46(43)65(15,16)58(56)66(54)68(50)55(41)44/h17-24,29-35H,25-28H2,1-16H3. The summed E-state index contributed by atoms with van der Waals surface area (Å²) in [4.78, 5) is 2.77. The van der Waals surface area contributed by atoms with E-state index < -0.39 is 0 Å². The van der Waals surface area contributed by atoms with Crippen molar-refractivity contribution in [3.63, 3.8) is 0 Å². The third-order valence-corrected chi connectivity index (χ3v) is 18.8. The number of benzene rings is 6. The van der Waals surface area contributed by atoms with Crippen LogP contribution in [0, 0.1) is 0 Å². The van der Waals surface area contributed by atoms with Gasteiger partial charge in [-0.15, -0.1) is 0 Å². The third kappa shape index (κ3) is 5.64. The molecule has 4 heteroatoms. The fraction of sp³-hybridized carbons (Fsp3) is 0.415. The van der Waals surface area contributed by atoms with Gasteiger partial charge in [-0.3, -0.25) is 0 Å². The molecule has 350 valence electrons. The summed E-state index contributed by atoms with van der Waals surface area (Å²) in [6.07, 6.45) is 4.73. The molecule has 0 bridgehead atoms. The minimum atomic E-state index is -0.315. The summed E-state index contributed by atoms with van der Waals surface area (Å²) in [5.41, 5.74) is 25.4. The lowest BCUT2D eigenvalue weighted by molar-refractivity contribution is 0.331. The van der Waals surface area contributed by atoms with Crippen LogP contribution < -0.4 is 10.4 Å². The second-order valence-corrected chi connectivity index (χ2v) is 27.5. The molecule has 2 aliphatic heterocycles. The number of rotatable bonds is 1. The van der Waals surface area contributed by atoms with Gasteiger partial charge in [-0.05, 0) is 163 Å². The number of para-hydroxylation sites is 1. The third-order valence-electron chi connectivity index (χ3n) is 18.8. The van der Waals surface area contributed by atoms with E-state index in [2.05, 4.69) is 211 Å². The molecule has 3 aliphatic carbocycles. The van der Waals surface area contributed by atoms with Gasteiger partial charge < -0.3 is 13.8 Å². The number of hydrogen-bond acceptors (Lipinski definition) is 2. The predicted octanol–water partition coefficient (Wildman–Crippen LogP) is 17.1. The molecule has 13 rings (SSSR count). The van der Waals surface area contributed by atoms with Crippen molar-refractivity contribution in [1.82, 2.24) is 4.48 Å². The topological polar surface area (TPSA) is 21.3 Å². The normalized spacial score (nSPS) is 20.1. The van der Waals surface area contributed by atoms with Crippen LogP contribution >= 0.6 is 0 Å². The largest absolute Gasteiger partial charge is 0.455 e. The molecule has 0 N–H and O–H groups in total. The van der Waals surface area contributed by atoms with Gasteiger partial charge in [0.15, 0.2) is 0 Å². The molecule has 6 aromatic carbocycles. The molecule has 0 amide bonds. The molecule has 8 aromatic rings. The molecule has 5 aliphatic rings. The highest BCUT2D eigenvalue weighted by molar-refractivity contribution is 6.86. The monoisotopic (exact) mass is 907 g/mol. The zero-order valence-corrected chi connectivity index (χ0v) is 44.4. The van der Waals surface area contributed by atoms with Crippen molar-refractivity contribution in [2.45, 2.75) is 174 Å². The second kappa shape index (κ2) is 13.1. The lowest BCUT2D eigenvalue weighted by Gasteiger charge is -2.45. The number of fused-ring (bicyclic) bond motifs is 14. The van der Waals surface area contributed by atoms with Gasteiger partial charge in [0.2, 0.25) is 0 Å². The van der Waals surface area contributed by atoms with Crippen molar-refractivity contribution in [2.24, 2.45) is 0 Å². The predicted molar refractivity (Wildman–Crippen MR) is 296 cm³/mol. The first-order valence-corrected chi connectivity index (χ1v) is 26.2. The Kier molecular flexibility index (Phi) is 8.25. The number of furan rings is 1. The Morgan fingerprint density at radius 2 is 1.13 bits per heavy atom. The number of allylic oxidation sites excluding steroid dienone is 1. The first kappa shape index (κ1) is 43.5. The summed E-state index contributed by atoms with van der Waals surface area (Å²) in [7, 11) is 0. The van der Waals surface area contributed by atoms with Crippen LogP contribution in [0.1, 0.15) is 181 Å². The lowest BCUT2D eigenvalue weighted by atomic mass is 9.40. The average molecular weight is 907 g/mol. The number of aromatic nitrogens is 1. The first-order chi connectivity index (χ1) is 32.2. The van der Waals surface area contributed by atoms with Gasteiger partial charge in [0.05, 0.1) is 0 Å². The molecular weight excluding hydrogens is 836 g/mol. The number of nitrogens with zero attached hydrogens (tertiary/aromatic N) is 2. The molecule has 0 atom stereocenters. The zero-order valence-electron chi connectivity index (χ0n) is 44.4. The van der Waals surface area contributed by atoms with Crippen molar-refractivity contribution in [3.05, 3.63) is 141 Å². The van der Waals surface area contributed by atoms with E-state index in [1.807, 2.05) is 0 Å². The Morgan fingerprint density at radius 3 is 1.80 bits per heavy atom. The summed E-state index contributed by atoms with van der Waals surface area (Å²) in [5.74, 6) is 0. The fourth-order valence-corrected chi connectivity index (χ4v) is 14.3. The van der Waals surface area contributed by atoms with E-state index in [1.54, 1.807) is 0 Å². The molecule has 2 aromatic heterocycles. The smallest absolute Gasteiger partial charge is 0.329 e. The summed E-state index contributed by atoms with van der Waals surface area (Å²) >= 11 is 0. The van der Waals surface area contributed by atoms with E-state index in [9.17, 15) is 0 Å². The highest BCUT2D eigenvalue weighted by atomic mass is 16.3. The van der Waals surface area contributed by atoms with Crippen LogP contribution in [-0.4, -0.2) is 11.3 Å². The van der Waals surface area contributed by atoms with Crippen LogP contribution in [0.25, 0.3) is 60.6 Å². The van der Waals surface area contributed by atoms with E-state index >= 15 is 0 Å². The maximum Gasteiger partial charge on any atom is 0.329 e. The highest BCUT2D eigenvalue weighted by Gasteiger charge is 2.55. The van der Waals surface area contributed by atoms with Gasteiger partial charge in [0, 0.05) is 71.8 Å². The minimum absolute atomic E-state index is 0.000715. The van der Waals surface area contributed by atoms with E-state index in [0.717, 1.165) is 11.2 Å². The van der Waals surface area contributed by atoms with Crippen molar-refractivity contribution in [1.29, 1.82) is 0 Å². The van der Waals surface area contributed by atoms with Crippen molar-refractivity contribution in [3.8, 4) is 11.1 Å². The summed E-state index contributed by atoms with van der Waals surface area (Å²) in [6, 6.07) is 36.8. The van der Waals surface area contributed by atoms with Crippen LogP contribution in [0.5, 0.6) is 0 Å². The molecule has 3 nitrogen and oxygen atoms in total. The number of anilines is 2.